The molecule has 0 spiro atoms. The van der Waals surface area contributed by atoms with Crippen LogP contribution in [0.25, 0.3) is 0 Å². The molecular weight excluding hydrogens is 490 g/mol. The largest absolute Gasteiger partial charge is 0.760 e. The van der Waals surface area contributed by atoms with Crippen LogP contribution in [0.1, 0.15) is 40.0 Å². The molecule has 1 aromatic carbocycles. The van der Waals surface area contributed by atoms with Gasteiger partial charge in [0.05, 0.1) is 12.2 Å². The van der Waals surface area contributed by atoms with E-state index < -0.39 is 11.3 Å². The van der Waals surface area contributed by atoms with E-state index in [9.17, 15) is 8.76 Å². The van der Waals surface area contributed by atoms with Gasteiger partial charge in [0.15, 0.2) is 0 Å². The Morgan fingerprint density at radius 2 is 1.59 bits per heavy atom. The van der Waals surface area contributed by atoms with Gasteiger partial charge in [0.25, 0.3) is 0 Å². The van der Waals surface area contributed by atoms with Crippen molar-refractivity contribution >= 4 is 27.2 Å². The first-order valence-electron chi connectivity index (χ1n) is 9.81. The molecule has 162 valence electrons. The van der Waals surface area contributed by atoms with Crippen LogP contribution in [0.15, 0.2) is 90.1 Å². The molecule has 2 unspecified atom stereocenters. The normalized spacial score (nSPS) is 13.1. The third-order valence-electron chi connectivity index (χ3n) is 5.02. The van der Waals surface area contributed by atoms with Crippen LogP contribution in [0.3, 0.4) is 0 Å². The molecule has 0 saturated heterocycles. The van der Waals surface area contributed by atoms with Crippen molar-refractivity contribution < 1.29 is 8.76 Å². The molecule has 3 aromatic heterocycles. The number of hydrogen-bond donors (Lipinski definition) is 1. The zero-order valence-corrected chi connectivity index (χ0v) is 19.2. The van der Waals surface area contributed by atoms with E-state index in [0.29, 0.717) is 5.82 Å². The first-order chi connectivity index (χ1) is 15.6. The van der Waals surface area contributed by atoms with Gasteiger partial charge in [-0.05, 0) is 47.0 Å². The summed E-state index contributed by atoms with van der Waals surface area (Å²) in [5, 5.41) is 0. The van der Waals surface area contributed by atoms with Gasteiger partial charge in [-0.2, -0.15) is 0 Å². The van der Waals surface area contributed by atoms with Gasteiger partial charge >= 0.3 is 0 Å². The van der Waals surface area contributed by atoms with Crippen LogP contribution in [0, 0.1) is 0 Å². The number of halogens is 1. The fraction of sp³-hybridized carbons (Fsp3) is 0.130. The standard InChI is InChI=1S/C23H20BrN5O2S/c24-19-7-1-4-16(12-19)23(20-8-11-27-21(29-20)15-28-32(30)31)22(17-5-2-9-25-13-17)18-6-3-10-26-14-18/h1-14,22-23,28H,15H2,(H,30,31)/p-1. The molecule has 4 aromatic rings. The highest BCUT2D eigenvalue weighted by atomic mass is 79.9. The lowest BCUT2D eigenvalue weighted by Crippen LogP contribution is -2.20. The van der Waals surface area contributed by atoms with Crippen molar-refractivity contribution in [1.29, 1.82) is 0 Å². The lowest BCUT2D eigenvalue weighted by Gasteiger charge is -2.28. The minimum atomic E-state index is -2.39. The molecule has 0 aliphatic rings. The molecule has 0 aliphatic carbocycles. The lowest BCUT2D eigenvalue weighted by molar-refractivity contribution is 0.520. The van der Waals surface area contributed by atoms with Crippen molar-refractivity contribution in [1.82, 2.24) is 24.7 Å². The van der Waals surface area contributed by atoms with Gasteiger partial charge in [-0.1, -0.05) is 40.2 Å². The van der Waals surface area contributed by atoms with Gasteiger partial charge in [0.1, 0.15) is 5.82 Å². The molecule has 2 atom stereocenters. The van der Waals surface area contributed by atoms with Gasteiger partial charge in [0, 0.05) is 58.6 Å². The van der Waals surface area contributed by atoms with E-state index in [0.717, 1.165) is 26.9 Å². The van der Waals surface area contributed by atoms with Gasteiger partial charge in [-0.15, -0.1) is 0 Å². The number of aromatic nitrogens is 4. The number of nitrogens with one attached hydrogen (secondary N) is 1. The van der Waals surface area contributed by atoms with Crippen LogP contribution in [0.4, 0.5) is 0 Å². The fourth-order valence-corrected chi connectivity index (χ4v) is 4.39. The summed E-state index contributed by atoms with van der Waals surface area (Å²) in [4.78, 5) is 17.6. The summed E-state index contributed by atoms with van der Waals surface area (Å²) in [7, 11) is 0. The maximum absolute atomic E-state index is 10.9. The van der Waals surface area contributed by atoms with E-state index in [2.05, 4.69) is 47.7 Å². The molecular formula is C23H19BrN5O2S-. The van der Waals surface area contributed by atoms with Gasteiger partial charge < -0.3 is 4.55 Å². The Bertz CT molecular complexity index is 1160. The minimum Gasteiger partial charge on any atom is -0.760 e. The molecule has 0 saturated carbocycles. The molecule has 1 N–H and O–H groups in total. The smallest absolute Gasteiger partial charge is 0.143 e. The number of benzene rings is 1. The first kappa shape index (κ1) is 22.3. The van der Waals surface area contributed by atoms with E-state index in [1.807, 2.05) is 54.9 Å². The predicted octanol–water partition coefficient (Wildman–Crippen LogP) is 3.88. The molecule has 0 amide bonds. The zero-order chi connectivity index (χ0) is 22.3. The Morgan fingerprint density at radius 3 is 2.19 bits per heavy atom. The minimum absolute atomic E-state index is 0.0135. The Morgan fingerprint density at radius 1 is 0.906 bits per heavy atom. The van der Waals surface area contributed by atoms with Gasteiger partial charge in [-0.25, -0.2) is 14.7 Å². The van der Waals surface area contributed by atoms with E-state index in [-0.39, 0.29) is 18.4 Å². The van der Waals surface area contributed by atoms with E-state index in [1.54, 1.807) is 18.6 Å². The summed E-state index contributed by atoms with van der Waals surface area (Å²) in [5.74, 6) is 0.0688. The molecule has 0 radical (unpaired) electrons. The Hall–Kier alpha value is -2.85. The van der Waals surface area contributed by atoms with Gasteiger partial charge in [-0.3, -0.25) is 14.2 Å². The highest BCUT2D eigenvalue weighted by molar-refractivity contribution is 9.10. The van der Waals surface area contributed by atoms with Crippen molar-refractivity contribution in [3.05, 3.63) is 118 Å². The molecule has 0 bridgehead atoms. The monoisotopic (exact) mass is 508 g/mol. The van der Waals surface area contributed by atoms with Crippen molar-refractivity contribution in [2.75, 3.05) is 0 Å². The summed E-state index contributed by atoms with van der Waals surface area (Å²) >= 11 is 1.19. The van der Waals surface area contributed by atoms with Crippen LogP contribution < -0.4 is 4.72 Å². The van der Waals surface area contributed by atoms with E-state index >= 15 is 0 Å². The third-order valence-corrected chi connectivity index (χ3v) is 5.90. The van der Waals surface area contributed by atoms with Crippen LogP contribution >= 0.6 is 15.9 Å². The Kier molecular flexibility index (Phi) is 7.43. The number of pyridine rings is 2. The van der Waals surface area contributed by atoms with Crippen LogP contribution in [0.2, 0.25) is 0 Å². The van der Waals surface area contributed by atoms with Crippen LogP contribution in [-0.4, -0.2) is 28.7 Å². The lowest BCUT2D eigenvalue weighted by atomic mass is 9.76. The maximum Gasteiger partial charge on any atom is 0.143 e. The van der Waals surface area contributed by atoms with Crippen molar-refractivity contribution in [2.24, 2.45) is 0 Å². The zero-order valence-electron chi connectivity index (χ0n) is 16.8. The molecule has 0 aliphatic heterocycles. The Labute approximate surface area is 197 Å². The fourth-order valence-electron chi connectivity index (χ4n) is 3.73. The summed E-state index contributed by atoms with van der Waals surface area (Å²) in [6, 6.07) is 17.9. The van der Waals surface area contributed by atoms with Crippen molar-refractivity contribution in [2.45, 2.75) is 18.4 Å². The van der Waals surface area contributed by atoms with E-state index in [1.165, 1.54) is 0 Å². The molecule has 7 nitrogen and oxygen atoms in total. The average Bonchev–Trinajstić information content (AvgIpc) is 2.82. The molecule has 32 heavy (non-hydrogen) atoms. The quantitative estimate of drug-likeness (QED) is 0.362. The average molecular weight is 509 g/mol. The second-order valence-electron chi connectivity index (χ2n) is 7.04. The molecule has 9 heteroatoms. The molecule has 3 heterocycles. The van der Waals surface area contributed by atoms with Crippen molar-refractivity contribution in [3.8, 4) is 0 Å². The second-order valence-corrected chi connectivity index (χ2v) is 8.71. The highest BCUT2D eigenvalue weighted by Crippen LogP contribution is 2.42. The summed E-state index contributed by atoms with van der Waals surface area (Å²) < 4.78 is 25.2. The van der Waals surface area contributed by atoms with Crippen molar-refractivity contribution in [3.63, 3.8) is 0 Å². The number of nitrogens with zero attached hydrogens (tertiary/aromatic N) is 4. The topological polar surface area (TPSA) is 104 Å². The number of rotatable bonds is 8. The first-order valence-corrected chi connectivity index (χ1v) is 11.7. The molecule has 4 rings (SSSR count). The highest BCUT2D eigenvalue weighted by Gasteiger charge is 2.30. The van der Waals surface area contributed by atoms with Crippen LogP contribution in [0.5, 0.6) is 0 Å². The second kappa shape index (κ2) is 10.6. The van der Waals surface area contributed by atoms with E-state index in [4.69, 9.17) is 4.98 Å². The summed E-state index contributed by atoms with van der Waals surface area (Å²) in [6.45, 7) is 0.0135. The summed E-state index contributed by atoms with van der Waals surface area (Å²) in [5.41, 5.74) is 3.85. The number of hydrogen-bond acceptors (Lipinski definition) is 6. The third kappa shape index (κ3) is 5.49. The predicted molar refractivity (Wildman–Crippen MR) is 124 cm³/mol. The summed E-state index contributed by atoms with van der Waals surface area (Å²) in [6.07, 6.45) is 8.85. The Balaban J connectivity index is 1.89. The molecule has 0 fully saturated rings. The van der Waals surface area contributed by atoms with Crippen LogP contribution in [-0.2, 0) is 17.8 Å². The van der Waals surface area contributed by atoms with Gasteiger partial charge in [0.2, 0.25) is 0 Å². The SMILES string of the molecule is O=S([O-])NCc1nccc(C(c2cccc(Br)c2)C(c2cccnc2)c2cccnc2)n1. The maximum atomic E-state index is 10.9.